The van der Waals surface area contributed by atoms with Gasteiger partial charge in [-0.05, 0) is 5.56 Å². The van der Waals surface area contributed by atoms with Gasteiger partial charge < -0.3 is 0 Å². The van der Waals surface area contributed by atoms with Crippen LogP contribution >= 0.6 is 12.4 Å². The molecule has 0 aliphatic rings. The molecule has 0 heterocycles. The Balaban J connectivity index is 0.00000144. The Morgan fingerprint density at radius 2 is 1.92 bits per heavy atom. The van der Waals surface area contributed by atoms with Crippen LogP contribution in [0.5, 0.6) is 0 Å². The smallest absolute Gasteiger partial charge is 0.188 e. The van der Waals surface area contributed by atoms with E-state index in [1.54, 1.807) is 12.1 Å². The molecule has 13 heavy (non-hydrogen) atoms. The maximum Gasteiger partial charge on any atom is 0.188 e. The van der Waals surface area contributed by atoms with E-state index in [4.69, 9.17) is 5.84 Å². The monoisotopic (exact) mass is 202 g/mol. The number of nitrogens with one attached hydrogen (secondary N) is 1. The van der Waals surface area contributed by atoms with E-state index in [0.29, 0.717) is 5.57 Å². The summed E-state index contributed by atoms with van der Waals surface area (Å²) >= 11 is 0. The maximum atomic E-state index is 12.9. The van der Waals surface area contributed by atoms with Gasteiger partial charge in [0.2, 0.25) is 0 Å². The van der Waals surface area contributed by atoms with Gasteiger partial charge in [-0.25, -0.2) is 9.82 Å². The molecule has 0 saturated heterocycles. The molecule has 0 bridgehead atoms. The van der Waals surface area contributed by atoms with Crippen LogP contribution in [0.25, 0.3) is 5.57 Å². The van der Waals surface area contributed by atoms with Crippen molar-refractivity contribution in [3.05, 3.63) is 42.5 Å². The number of benzene rings is 1. The number of halogens is 2. The van der Waals surface area contributed by atoms with E-state index >= 15 is 0 Å². The number of hydrogen-bond donors (Lipinski definition) is 2. The lowest BCUT2D eigenvalue weighted by Crippen LogP contribution is -2.31. The second-order valence-corrected chi connectivity index (χ2v) is 2.42. The molecule has 1 rings (SSSR count). The molecule has 3 N–H and O–H groups in total. The second-order valence-electron chi connectivity index (χ2n) is 2.42. The van der Waals surface area contributed by atoms with Gasteiger partial charge in [0.05, 0.1) is 0 Å². The van der Waals surface area contributed by atoms with Gasteiger partial charge in [0.15, 0.2) is 6.30 Å². The van der Waals surface area contributed by atoms with Crippen molar-refractivity contribution < 1.29 is 4.39 Å². The molecule has 72 valence electrons. The lowest BCUT2D eigenvalue weighted by Gasteiger charge is -2.09. The molecule has 0 fully saturated rings. The first-order valence-corrected chi connectivity index (χ1v) is 3.60. The highest BCUT2D eigenvalue weighted by atomic mass is 35.5. The standard InChI is InChI=1S/C9H11FN2.ClH/c1-7(9(10)12-11)8-5-3-2-4-6-8;/h2-6,9,12H,1,11H2;1H. The van der Waals surface area contributed by atoms with E-state index in [9.17, 15) is 4.39 Å². The third kappa shape index (κ3) is 3.14. The summed E-state index contributed by atoms with van der Waals surface area (Å²) < 4.78 is 12.9. The maximum absolute atomic E-state index is 12.9. The van der Waals surface area contributed by atoms with Crippen LogP contribution in [0.15, 0.2) is 36.9 Å². The number of nitrogens with two attached hydrogens (primary N) is 1. The zero-order valence-electron chi connectivity index (χ0n) is 7.03. The Morgan fingerprint density at radius 3 is 2.38 bits per heavy atom. The molecule has 0 aromatic heterocycles. The molecule has 0 radical (unpaired) electrons. The minimum absolute atomic E-state index is 0. The van der Waals surface area contributed by atoms with Crippen molar-refractivity contribution in [2.45, 2.75) is 6.30 Å². The van der Waals surface area contributed by atoms with Crippen molar-refractivity contribution in [3.63, 3.8) is 0 Å². The first kappa shape index (κ1) is 12.1. The van der Waals surface area contributed by atoms with Crippen LogP contribution in [0, 0.1) is 0 Å². The SMILES string of the molecule is C=C(c1ccccc1)C(F)NN.Cl. The van der Waals surface area contributed by atoms with E-state index in [1.165, 1.54) is 0 Å². The zero-order chi connectivity index (χ0) is 8.97. The highest BCUT2D eigenvalue weighted by molar-refractivity contribution is 5.85. The molecule has 0 aliphatic carbocycles. The Kier molecular flexibility index (Phi) is 5.30. The molecule has 0 spiro atoms. The quantitative estimate of drug-likeness (QED) is 0.446. The van der Waals surface area contributed by atoms with Crippen molar-refractivity contribution in [1.29, 1.82) is 0 Å². The highest BCUT2D eigenvalue weighted by Crippen LogP contribution is 2.15. The number of alkyl halides is 1. The third-order valence-electron chi connectivity index (χ3n) is 1.60. The first-order chi connectivity index (χ1) is 5.75. The molecule has 1 unspecified atom stereocenters. The van der Waals surface area contributed by atoms with Crippen LogP contribution in [0.3, 0.4) is 0 Å². The predicted octanol–water partition coefficient (Wildman–Crippen LogP) is 1.88. The van der Waals surface area contributed by atoms with E-state index in [2.05, 4.69) is 6.58 Å². The molecular weight excluding hydrogens is 191 g/mol. The van der Waals surface area contributed by atoms with Gasteiger partial charge >= 0.3 is 0 Å². The van der Waals surface area contributed by atoms with Gasteiger partial charge in [0.1, 0.15) is 0 Å². The van der Waals surface area contributed by atoms with Gasteiger partial charge in [-0.2, -0.15) is 0 Å². The fourth-order valence-corrected chi connectivity index (χ4v) is 0.899. The normalized spacial score (nSPS) is 11.5. The zero-order valence-corrected chi connectivity index (χ0v) is 7.85. The second kappa shape index (κ2) is 5.70. The summed E-state index contributed by atoms with van der Waals surface area (Å²) in [6, 6.07) is 9.08. The van der Waals surface area contributed by atoms with Crippen molar-refractivity contribution >= 4 is 18.0 Å². The molecule has 0 saturated carbocycles. The van der Waals surface area contributed by atoms with E-state index in [-0.39, 0.29) is 12.4 Å². The summed E-state index contributed by atoms with van der Waals surface area (Å²) in [7, 11) is 0. The number of hydrogen-bond acceptors (Lipinski definition) is 2. The summed E-state index contributed by atoms with van der Waals surface area (Å²) in [5, 5.41) is 0. The Hall–Kier alpha value is -0.900. The van der Waals surface area contributed by atoms with Crippen LogP contribution < -0.4 is 11.3 Å². The lowest BCUT2D eigenvalue weighted by atomic mass is 10.1. The number of hydrazine groups is 1. The topological polar surface area (TPSA) is 38.0 Å². The van der Waals surface area contributed by atoms with Gasteiger partial charge in [-0.1, -0.05) is 36.9 Å². The Morgan fingerprint density at radius 1 is 1.38 bits per heavy atom. The highest BCUT2D eigenvalue weighted by Gasteiger charge is 2.08. The Bertz CT molecular complexity index is 264. The molecule has 1 atom stereocenters. The summed E-state index contributed by atoms with van der Waals surface area (Å²) in [5.74, 6) is 4.92. The molecule has 0 amide bonds. The molecule has 4 heteroatoms. The average molecular weight is 203 g/mol. The molecule has 0 aliphatic heterocycles. The van der Waals surface area contributed by atoms with Crippen LogP contribution in [-0.2, 0) is 0 Å². The lowest BCUT2D eigenvalue weighted by molar-refractivity contribution is 0.351. The van der Waals surface area contributed by atoms with Crippen molar-refractivity contribution in [2.24, 2.45) is 5.84 Å². The number of rotatable bonds is 3. The molecular formula is C9H12ClFN2. The fourth-order valence-electron chi connectivity index (χ4n) is 0.899. The molecule has 2 nitrogen and oxygen atoms in total. The molecule has 1 aromatic rings. The van der Waals surface area contributed by atoms with Crippen LogP contribution in [0.1, 0.15) is 5.56 Å². The summed E-state index contributed by atoms with van der Waals surface area (Å²) in [6.45, 7) is 3.58. The van der Waals surface area contributed by atoms with Crippen LogP contribution in [0.4, 0.5) is 4.39 Å². The average Bonchev–Trinajstić information content (AvgIpc) is 2.17. The Labute approximate surface area is 83.0 Å². The minimum atomic E-state index is -1.38. The van der Waals surface area contributed by atoms with Crippen molar-refractivity contribution in [3.8, 4) is 0 Å². The largest absolute Gasteiger partial charge is 0.269 e. The summed E-state index contributed by atoms with van der Waals surface area (Å²) in [4.78, 5) is 0. The van der Waals surface area contributed by atoms with Crippen molar-refractivity contribution in [2.75, 3.05) is 0 Å². The summed E-state index contributed by atoms with van der Waals surface area (Å²) in [5.41, 5.74) is 3.10. The van der Waals surface area contributed by atoms with E-state index in [0.717, 1.165) is 5.56 Å². The fraction of sp³-hybridized carbons (Fsp3) is 0.111. The predicted molar refractivity (Wildman–Crippen MR) is 54.9 cm³/mol. The van der Waals surface area contributed by atoms with Crippen LogP contribution in [-0.4, -0.2) is 6.30 Å². The van der Waals surface area contributed by atoms with Gasteiger partial charge in [-0.3, -0.25) is 5.84 Å². The summed E-state index contributed by atoms with van der Waals surface area (Å²) in [6.07, 6.45) is -1.38. The third-order valence-corrected chi connectivity index (χ3v) is 1.60. The first-order valence-electron chi connectivity index (χ1n) is 3.60. The van der Waals surface area contributed by atoms with E-state index < -0.39 is 6.30 Å². The van der Waals surface area contributed by atoms with Gasteiger partial charge in [0.25, 0.3) is 0 Å². The minimum Gasteiger partial charge on any atom is -0.269 e. The van der Waals surface area contributed by atoms with Gasteiger partial charge in [-0.15, -0.1) is 12.4 Å². The van der Waals surface area contributed by atoms with Crippen molar-refractivity contribution in [1.82, 2.24) is 5.43 Å². The molecule has 1 aromatic carbocycles. The van der Waals surface area contributed by atoms with Gasteiger partial charge in [0, 0.05) is 5.57 Å². The van der Waals surface area contributed by atoms with Crippen LogP contribution in [0.2, 0.25) is 0 Å². The van der Waals surface area contributed by atoms with E-state index in [1.807, 2.05) is 23.6 Å².